The number of benzene rings is 2. The highest BCUT2D eigenvalue weighted by atomic mass is 16.5. The van der Waals surface area contributed by atoms with Crippen molar-refractivity contribution in [2.24, 2.45) is 0 Å². The fourth-order valence-corrected chi connectivity index (χ4v) is 1.71. The highest BCUT2D eigenvalue weighted by Crippen LogP contribution is 2.09. The van der Waals surface area contributed by atoms with E-state index >= 15 is 0 Å². The molecule has 0 aliphatic rings. The monoisotopic (exact) mass is 252 g/mol. The van der Waals surface area contributed by atoms with Crippen LogP contribution in [0.2, 0.25) is 0 Å². The average molecular weight is 252 g/mol. The van der Waals surface area contributed by atoms with Gasteiger partial charge in [-0.25, -0.2) is 4.79 Å². The van der Waals surface area contributed by atoms with E-state index < -0.39 is 0 Å². The van der Waals surface area contributed by atoms with Crippen LogP contribution in [-0.4, -0.2) is 5.97 Å². The highest BCUT2D eigenvalue weighted by molar-refractivity contribution is 5.87. The maximum absolute atomic E-state index is 11.6. The van der Waals surface area contributed by atoms with Gasteiger partial charge in [0.15, 0.2) is 0 Å². The molecule has 0 atom stereocenters. The Bertz CT molecular complexity index is 571. The molecule has 0 amide bonds. The quantitative estimate of drug-likeness (QED) is 0.612. The number of ether oxygens (including phenoxy) is 1. The molecule has 0 aromatic heterocycles. The third-order valence-electron chi connectivity index (χ3n) is 2.81. The molecule has 2 nitrogen and oxygen atoms in total. The molecule has 0 spiro atoms. The van der Waals surface area contributed by atoms with E-state index in [1.807, 2.05) is 61.5 Å². The van der Waals surface area contributed by atoms with E-state index in [9.17, 15) is 4.79 Å². The Balaban J connectivity index is 1.90. The second-order valence-corrected chi connectivity index (χ2v) is 4.28. The zero-order chi connectivity index (χ0) is 13.5. The summed E-state index contributed by atoms with van der Waals surface area (Å²) in [5.41, 5.74) is 3.15. The van der Waals surface area contributed by atoms with Crippen LogP contribution in [-0.2, 0) is 16.1 Å². The summed E-state index contributed by atoms with van der Waals surface area (Å²) in [6.07, 6.45) is 3.24. The summed E-state index contributed by atoms with van der Waals surface area (Å²) in [7, 11) is 0. The number of esters is 1. The Hall–Kier alpha value is -2.35. The van der Waals surface area contributed by atoms with Gasteiger partial charge in [-0.1, -0.05) is 54.6 Å². The van der Waals surface area contributed by atoms with Gasteiger partial charge >= 0.3 is 5.97 Å². The molecule has 96 valence electrons. The van der Waals surface area contributed by atoms with E-state index in [4.69, 9.17) is 4.74 Å². The van der Waals surface area contributed by atoms with Crippen molar-refractivity contribution < 1.29 is 9.53 Å². The molecule has 0 saturated carbocycles. The minimum atomic E-state index is -0.327. The van der Waals surface area contributed by atoms with Crippen molar-refractivity contribution in [1.29, 1.82) is 0 Å². The zero-order valence-corrected chi connectivity index (χ0v) is 10.9. The Morgan fingerprint density at radius 2 is 1.74 bits per heavy atom. The SMILES string of the molecule is Cc1ccccc1/C=C/C(=O)OCc1ccccc1. The number of rotatable bonds is 4. The van der Waals surface area contributed by atoms with Gasteiger partial charge < -0.3 is 4.74 Å². The van der Waals surface area contributed by atoms with Crippen LogP contribution in [0.5, 0.6) is 0 Å². The van der Waals surface area contributed by atoms with E-state index in [1.54, 1.807) is 6.08 Å². The van der Waals surface area contributed by atoms with Crippen LogP contribution in [0.15, 0.2) is 60.7 Å². The smallest absolute Gasteiger partial charge is 0.331 e. The standard InChI is InChI=1S/C17H16O2/c1-14-7-5-6-10-16(14)11-12-17(18)19-13-15-8-3-2-4-9-15/h2-12H,13H2,1H3/b12-11+. The van der Waals surface area contributed by atoms with Gasteiger partial charge in [-0.05, 0) is 29.7 Å². The van der Waals surface area contributed by atoms with Gasteiger partial charge in [0.25, 0.3) is 0 Å². The van der Waals surface area contributed by atoms with E-state index in [0.717, 1.165) is 16.7 Å². The maximum Gasteiger partial charge on any atom is 0.331 e. The van der Waals surface area contributed by atoms with E-state index in [-0.39, 0.29) is 5.97 Å². The molecule has 0 N–H and O–H groups in total. The van der Waals surface area contributed by atoms with Crippen molar-refractivity contribution in [3.05, 3.63) is 77.4 Å². The zero-order valence-electron chi connectivity index (χ0n) is 10.9. The first-order valence-corrected chi connectivity index (χ1v) is 6.20. The summed E-state index contributed by atoms with van der Waals surface area (Å²) < 4.78 is 5.16. The van der Waals surface area contributed by atoms with Crippen molar-refractivity contribution in [3.63, 3.8) is 0 Å². The van der Waals surface area contributed by atoms with Gasteiger partial charge in [0.1, 0.15) is 6.61 Å². The predicted octanol–water partition coefficient (Wildman–Crippen LogP) is 3.75. The van der Waals surface area contributed by atoms with Gasteiger partial charge in [-0.2, -0.15) is 0 Å². The topological polar surface area (TPSA) is 26.3 Å². The number of carbonyl (C=O) groups excluding carboxylic acids is 1. The van der Waals surface area contributed by atoms with E-state index in [1.165, 1.54) is 6.08 Å². The summed E-state index contributed by atoms with van der Waals surface area (Å²) in [4.78, 5) is 11.6. The molecular weight excluding hydrogens is 236 g/mol. The van der Waals surface area contributed by atoms with Crippen molar-refractivity contribution in [1.82, 2.24) is 0 Å². The summed E-state index contributed by atoms with van der Waals surface area (Å²) >= 11 is 0. The lowest BCUT2D eigenvalue weighted by Crippen LogP contribution is -2.00. The van der Waals surface area contributed by atoms with Crippen molar-refractivity contribution in [2.45, 2.75) is 13.5 Å². The summed E-state index contributed by atoms with van der Waals surface area (Å²) in [5, 5.41) is 0. The molecule has 0 bridgehead atoms. The molecule has 0 unspecified atom stereocenters. The molecular formula is C17H16O2. The number of aryl methyl sites for hydroxylation is 1. The summed E-state index contributed by atoms with van der Waals surface area (Å²) in [6, 6.07) is 17.5. The molecule has 2 aromatic rings. The lowest BCUT2D eigenvalue weighted by atomic mass is 10.1. The highest BCUT2D eigenvalue weighted by Gasteiger charge is 1.99. The minimum Gasteiger partial charge on any atom is -0.458 e. The lowest BCUT2D eigenvalue weighted by Gasteiger charge is -2.02. The fraction of sp³-hybridized carbons (Fsp3) is 0.118. The van der Waals surface area contributed by atoms with Gasteiger partial charge in [-0.15, -0.1) is 0 Å². The van der Waals surface area contributed by atoms with Gasteiger partial charge in [-0.3, -0.25) is 0 Å². The second-order valence-electron chi connectivity index (χ2n) is 4.28. The molecule has 0 fully saturated rings. The average Bonchev–Trinajstić information content (AvgIpc) is 2.45. The molecule has 19 heavy (non-hydrogen) atoms. The normalized spacial score (nSPS) is 10.6. The van der Waals surface area contributed by atoms with Crippen molar-refractivity contribution in [2.75, 3.05) is 0 Å². The molecule has 0 aliphatic heterocycles. The lowest BCUT2D eigenvalue weighted by molar-refractivity contribution is -0.138. The first-order valence-electron chi connectivity index (χ1n) is 6.20. The van der Waals surface area contributed by atoms with Crippen molar-refractivity contribution >= 4 is 12.0 Å². The second kappa shape index (κ2) is 6.55. The Kier molecular flexibility index (Phi) is 4.51. The Morgan fingerprint density at radius 3 is 2.47 bits per heavy atom. The first-order chi connectivity index (χ1) is 9.25. The van der Waals surface area contributed by atoms with Gasteiger partial charge in [0, 0.05) is 6.08 Å². The number of hydrogen-bond donors (Lipinski definition) is 0. The molecule has 0 radical (unpaired) electrons. The van der Waals surface area contributed by atoms with Crippen LogP contribution < -0.4 is 0 Å². The van der Waals surface area contributed by atoms with Crippen LogP contribution in [0.3, 0.4) is 0 Å². The van der Waals surface area contributed by atoms with Crippen LogP contribution in [0.1, 0.15) is 16.7 Å². The third-order valence-corrected chi connectivity index (χ3v) is 2.81. The van der Waals surface area contributed by atoms with Crippen LogP contribution in [0.25, 0.3) is 6.08 Å². The first kappa shape index (κ1) is 13.1. The number of hydrogen-bond acceptors (Lipinski definition) is 2. The Morgan fingerprint density at radius 1 is 1.05 bits per heavy atom. The van der Waals surface area contributed by atoms with E-state index in [2.05, 4.69) is 0 Å². The van der Waals surface area contributed by atoms with Gasteiger partial charge in [0.05, 0.1) is 0 Å². The molecule has 2 aromatic carbocycles. The molecule has 0 aliphatic carbocycles. The fourth-order valence-electron chi connectivity index (χ4n) is 1.71. The van der Waals surface area contributed by atoms with Gasteiger partial charge in [0.2, 0.25) is 0 Å². The maximum atomic E-state index is 11.6. The predicted molar refractivity (Wildman–Crippen MR) is 76.5 cm³/mol. The van der Waals surface area contributed by atoms with E-state index in [0.29, 0.717) is 6.61 Å². The molecule has 2 heteroatoms. The molecule has 0 saturated heterocycles. The Labute approximate surface area is 113 Å². The number of carbonyl (C=O) groups is 1. The van der Waals surface area contributed by atoms with Crippen LogP contribution in [0, 0.1) is 6.92 Å². The summed E-state index contributed by atoms with van der Waals surface area (Å²) in [5.74, 6) is -0.327. The largest absolute Gasteiger partial charge is 0.458 e. The molecule has 0 heterocycles. The molecule has 2 rings (SSSR count). The van der Waals surface area contributed by atoms with Crippen LogP contribution >= 0.6 is 0 Å². The van der Waals surface area contributed by atoms with Crippen molar-refractivity contribution in [3.8, 4) is 0 Å². The minimum absolute atomic E-state index is 0.303. The van der Waals surface area contributed by atoms with Crippen LogP contribution in [0.4, 0.5) is 0 Å². The summed E-state index contributed by atoms with van der Waals surface area (Å²) in [6.45, 7) is 2.31. The third kappa shape index (κ3) is 4.11.